The highest BCUT2D eigenvalue weighted by Crippen LogP contribution is 2.36. The van der Waals surface area contributed by atoms with Crippen LogP contribution in [0.1, 0.15) is 37.2 Å². The van der Waals surface area contributed by atoms with E-state index in [9.17, 15) is 4.79 Å². The molecule has 1 unspecified atom stereocenters. The number of carbonyl (C=O) groups excluding carboxylic acids is 1. The summed E-state index contributed by atoms with van der Waals surface area (Å²) in [6, 6.07) is 10.5. The van der Waals surface area contributed by atoms with Crippen molar-refractivity contribution in [2.45, 2.75) is 37.6 Å². The average Bonchev–Trinajstić information content (AvgIpc) is 3.30. The van der Waals surface area contributed by atoms with Gasteiger partial charge in [-0.05, 0) is 37.2 Å². The molecular formula is C16H22N2O. The summed E-state index contributed by atoms with van der Waals surface area (Å²) in [5.74, 6) is 0.822. The fraction of sp³-hybridized carbons (Fsp3) is 0.562. The first kappa shape index (κ1) is 12.7. The molecule has 0 aliphatic heterocycles. The molecule has 2 saturated carbocycles. The van der Waals surface area contributed by atoms with Crippen LogP contribution in [0, 0.1) is 5.92 Å². The topological polar surface area (TPSA) is 46.3 Å². The third kappa shape index (κ3) is 2.98. The van der Waals surface area contributed by atoms with Crippen LogP contribution in [0.2, 0.25) is 0 Å². The summed E-state index contributed by atoms with van der Waals surface area (Å²) < 4.78 is 0. The maximum absolute atomic E-state index is 12.8. The molecule has 102 valence electrons. The summed E-state index contributed by atoms with van der Waals surface area (Å²) in [7, 11) is 0. The van der Waals surface area contributed by atoms with E-state index in [1.54, 1.807) is 0 Å². The number of nitrogens with two attached hydrogens (primary N) is 1. The van der Waals surface area contributed by atoms with Gasteiger partial charge in [0.2, 0.25) is 5.91 Å². The predicted molar refractivity (Wildman–Crippen MR) is 75.7 cm³/mol. The first-order valence-electron chi connectivity index (χ1n) is 7.35. The molecule has 3 rings (SSSR count). The lowest BCUT2D eigenvalue weighted by Crippen LogP contribution is -2.40. The van der Waals surface area contributed by atoms with E-state index < -0.39 is 0 Å². The van der Waals surface area contributed by atoms with Gasteiger partial charge in [-0.3, -0.25) is 4.79 Å². The van der Waals surface area contributed by atoms with E-state index in [1.165, 1.54) is 25.7 Å². The van der Waals surface area contributed by atoms with Gasteiger partial charge in [0.15, 0.2) is 0 Å². The van der Waals surface area contributed by atoms with Crippen LogP contribution in [0.15, 0.2) is 30.3 Å². The fourth-order valence-corrected chi connectivity index (χ4v) is 2.65. The Morgan fingerprint density at radius 3 is 2.42 bits per heavy atom. The summed E-state index contributed by atoms with van der Waals surface area (Å²) in [4.78, 5) is 14.9. The van der Waals surface area contributed by atoms with Crippen molar-refractivity contribution in [2.75, 3.05) is 13.1 Å². The van der Waals surface area contributed by atoms with Crippen LogP contribution in [0.4, 0.5) is 0 Å². The summed E-state index contributed by atoms with van der Waals surface area (Å²) in [6.07, 6.45) is 4.92. The zero-order chi connectivity index (χ0) is 13.2. The molecule has 1 amide bonds. The van der Waals surface area contributed by atoms with Crippen LogP contribution >= 0.6 is 0 Å². The first-order chi connectivity index (χ1) is 9.29. The minimum absolute atomic E-state index is 0.166. The molecule has 2 aliphatic carbocycles. The summed E-state index contributed by atoms with van der Waals surface area (Å²) in [6.45, 7) is 1.35. The summed E-state index contributed by atoms with van der Waals surface area (Å²) >= 11 is 0. The maximum atomic E-state index is 12.8. The number of hydrogen-bond donors (Lipinski definition) is 1. The number of hydrogen-bond acceptors (Lipinski definition) is 2. The van der Waals surface area contributed by atoms with Crippen molar-refractivity contribution in [2.24, 2.45) is 11.7 Å². The predicted octanol–water partition coefficient (Wildman–Crippen LogP) is 2.13. The molecule has 0 aromatic heterocycles. The van der Waals surface area contributed by atoms with E-state index in [2.05, 4.69) is 4.90 Å². The maximum Gasteiger partial charge on any atom is 0.231 e. The highest BCUT2D eigenvalue weighted by atomic mass is 16.2. The molecular weight excluding hydrogens is 236 g/mol. The molecule has 1 aromatic rings. The van der Waals surface area contributed by atoms with Gasteiger partial charge < -0.3 is 10.6 Å². The fourth-order valence-electron chi connectivity index (χ4n) is 2.65. The number of amides is 1. The normalized spacial score (nSPS) is 20.1. The Morgan fingerprint density at radius 1 is 1.21 bits per heavy atom. The van der Waals surface area contributed by atoms with Gasteiger partial charge >= 0.3 is 0 Å². The third-order valence-corrected chi connectivity index (χ3v) is 4.16. The van der Waals surface area contributed by atoms with Crippen LogP contribution in [-0.2, 0) is 4.79 Å². The summed E-state index contributed by atoms with van der Waals surface area (Å²) in [5, 5.41) is 0. The van der Waals surface area contributed by atoms with Gasteiger partial charge in [-0.1, -0.05) is 30.3 Å². The smallest absolute Gasteiger partial charge is 0.231 e. The SMILES string of the molecule is NCC(C(=O)N(CC1CC1)C1CC1)c1ccccc1. The average molecular weight is 258 g/mol. The lowest BCUT2D eigenvalue weighted by atomic mass is 9.97. The Hall–Kier alpha value is -1.35. The third-order valence-electron chi connectivity index (χ3n) is 4.16. The van der Waals surface area contributed by atoms with Crippen molar-refractivity contribution in [1.82, 2.24) is 4.90 Å². The molecule has 0 heterocycles. The molecule has 0 radical (unpaired) electrons. The van der Waals surface area contributed by atoms with Crippen molar-refractivity contribution in [3.63, 3.8) is 0 Å². The van der Waals surface area contributed by atoms with Crippen molar-refractivity contribution in [3.05, 3.63) is 35.9 Å². The standard InChI is InChI=1S/C16H22N2O/c17-10-15(13-4-2-1-3-5-13)16(19)18(14-8-9-14)11-12-6-7-12/h1-5,12,14-15H,6-11,17H2. The van der Waals surface area contributed by atoms with Crippen LogP contribution in [0.5, 0.6) is 0 Å². The Balaban J connectivity index is 1.75. The number of benzene rings is 1. The summed E-state index contributed by atoms with van der Waals surface area (Å²) in [5.41, 5.74) is 6.92. The van der Waals surface area contributed by atoms with Gasteiger partial charge in [0, 0.05) is 19.1 Å². The zero-order valence-electron chi connectivity index (χ0n) is 11.3. The van der Waals surface area contributed by atoms with Crippen LogP contribution < -0.4 is 5.73 Å². The van der Waals surface area contributed by atoms with Gasteiger partial charge in [-0.15, -0.1) is 0 Å². The molecule has 2 aliphatic rings. The number of nitrogens with zero attached hydrogens (tertiary/aromatic N) is 1. The van der Waals surface area contributed by atoms with E-state index >= 15 is 0 Å². The minimum Gasteiger partial charge on any atom is -0.339 e. The zero-order valence-corrected chi connectivity index (χ0v) is 11.3. The molecule has 3 nitrogen and oxygen atoms in total. The minimum atomic E-state index is -0.166. The van der Waals surface area contributed by atoms with Gasteiger partial charge in [-0.25, -0.2) is 0 Å². The van der Waals surface area contributed by atoms with Gasteiger partial charge in [-0.2, -0.15) is 0 Å². The first-order valence-corrected chi connectivity index (χ1v) is 7.35. The van der Waals surface area contributed by atoms with Gasteiger partial charge in [0.05, 0.1) is 5.92 Å². The van der Waals surface area contributed by atoms with E-state index in [0.29, 0.717) is 12.6 Å². The Labute approximate surface area is 114 Å². The molecule has 1 aromatic carbocycles. The highest BCUT2D eigenvalue weighted by Gasteiger charge is 2.38. The second kappa shape index (κ2) is 5.33. The second-order valence-corrected chi connectivity index (χ2v) is 5.86. The largest absolute Gasteiger partial charge is 0.339 e. The van der Waals surface area contributed by atoms with E-state index in [-0.39, 0.29) is 11.8 Å². The van der Waals surface area contributed by atoms with E-state index in [4.69, 9.17) is 5.73 Å². The molecule has 0 spiro atoms. The van der Waals surface area contributed by atoms with Crippen LogP contribution in [0.3, 0.4) is 0 Å². The number of carbonyl (C=O) groups is 1. The van der Waals surface area contributed by atoms with Crippen LogP contribution in [-0.4, -0.2) is 29.9 Å². The molecule has 2 N–H and O–H groups in total. The van der Waals surface area contributed by atoms with Crippen molar-refractivity contribution in [1.29, 1.82) is 0 Å². The lowest BCUT2D eigenvalue weighted by Gasteiger charge is -2.27. The van der Waals surface area contributed by atoms with Gasteiger partial charge in [0.1, 0.15) is 0 Å². The molecule has 0 saturated heterocycles. The Morgan fingerprint density at radius 2 is 1.89 bits per heavy atom. The van der Waals surface area contributed by atoms with Gasteiger partial charge in [0.25, 0.3) is 0 Å². The molecule has 1 atom stereocenters. The Kier molecular flexibility index (Phi) is 3.56. The molecule has 2 fully saturated rings. The molecule has 19 heavy (non-hydrogen) atoms. The highest BCUT2D eigenvalue weighted by molar-refractivity contribution is 5.84. The van der Waals surface area contributed by atoms with Crippen LogP contribution in [0.25, 0.3) is 0 Å². The quantitative estimate of drug-likeness (QED) is 0.849. The van der Waals surface area contributed by atoms with E-state index in [0.717, 1.165) is 18.0 Å². The van der Waals surface area contributed by atoms with Crippen molar-refractivity contribution in [3.8, 4) is 0 Å². The van der Waals surface area contributed by atoms with Crippen molar-refractivity contribution < 1.29 is 4.79 Å². The molecule has 0 bridgehead atoms. The number of rotatable bonds is 6. The monoisotopic (exact) mass is 258 g/mol. The Bertz CT molecular complexity index is 437. The van der Waals surface area contributed by atoms with E-state index in [1.807, 2.05) is 30.3 Å². The molecule has 3 heteroatoms. The van der Waals surface area contributed by atoms with Crippen molar-refractivity contribution >= 4 is 5.91 Å². The lowest BCUT2D eigenvalue weighted by molar-refractivity contribution is -0.133. The second-order valence-electron chi connectivity index (χ2n) is 5.86.